The van der Waals surface area contributed by atoms with Crippen LogP contribution in [-0.4, -0.2) is 0 Å². The molecule has 0 saturated carbocycles. The molecule has 18 heavy (non-hydrogen) atoms. The van der Waals surface area contributed by atoms with Crippen molar-refractivity contribution in [2.75, 3.05) is 0 Å². The number of allylic oxidation sites excluding steroid dienone is 4. The summed E-state index contributed by atoms with van der Waals surface area (Å²) >= 11 is 0. The van der Waals surface area contributed by atoms with E-state index in [-0.39, 0.29) is 0 Å². The molecule has 0 nitrogen and oxygen atoms in total. The first-order valence-corrected chi connectivity index (χ1v) is 7.92. The van der Waals surface area contributed by atoms with Gasteiger partial charge in [0.1, 0.15) is 0 Å². The van der Waals surface area contributed by atoms with Crippen molar-refractivity contribution in [2.24, 2.45) is 0 Å². The SMILES string of the molecule is [CH]CCCCCCCC=CCC=CCCCCC. The molecule has 0 atom stereocenters. The fraction of sp³-hybridized carbons (Fsp3) is 0.722. The zero-order valence-electron chi connectivity index (χ0n) is 12.4. The van der Waals surface area contributed by atoms with Gasteiger partial charge >= 0.3 is 0 Å². The standard InChI is InChI=1S/C18H32/c1-3-5-7-9-11-13-15-17-18-16-14-12-10-8-6-4-2/h1,12,14,17-18H,3-11,13,15-16H2,2H3. The smallest absolute Gasteiger partial charge is 0.0169 e. The predicted octanol–water partition coefficient (Wildman–Crippen LogP) is 6.51. The van der Waals surface area contributed by atoms with Gasteiger partial charge in [0.25, 0.3) is 0 Å². The third-order valence-corrected chi connectivity index (χ3v) is 3.15. The summed E-state index contributed by atoms with van der Waals surface area (Å²) in [6.07, 6.45) is 24.3. The fourth-order valence-electron chi connectivity index (χ4n) is 1.96. The van der Waals surface area contributed by atoms with Gasteiger partial charge in [0, 0.05) is 0 Å². The highest BCUT2D eigenvalue weighted by Crippen LogP contribution is 2.07. The lowest BCUT2D eigenvalue weighted by atomic mass is 10.1. The van der Waals surface area contributed by atoms with E-state index in [4.69, 9.17) is 6.92 Å². The van der Waals surface area contributed by atoms with Gasteiger partial charge in [0.2, 0.25) is 0 Å². The minimum atomic E-state index is 0.852. The Morgan fingerprint density at radius 3 is 1.83 bits per heavy atom. The molecule has 0 heterocycles. The molecular formula is C18H32. The van der Waals surface area contributed by atoms with Crippen LogP contribution in [0, 0.1) is 6.92 Å². The Morgan fingerprint density at radius 2 is 1.22 bits per heavy atom. The van der Waals surface area contributed by atoms with Gasteiger partial charge in [-0.05, 0) is 45.4 Å². The largest absolute Gasteiger partial charge is 0.0882 e. The zero-order valence-corrected chi connectivity index (χ0v) is 12.4. The lowest BCUT2D eigenvalue weighted by molar-refractivity contribution is 0.621. The van der Waals surface area contributed by atoms with E-state index in [0.717, 1.165) is 12.8 Å². The van der Waals surface area contributed by atoms with Crippen LogP contribution in [0.1, 0.15) is 84.0 Å². The van der Waals surface area contributed by atoms with Crippen LogP contribution in [-0.2, 0) is 0 Å². The molecule has 0 spiro atoms. The first-order chi connectivity index (χ1) is 8.91. The highest BCUT2D eigenvalue weighted by molar-refractivity contribution is 4.92. The number of unbranched alkanes of at least 4 members (excludes halogenated alkanes) is 9. The maximum absolute atomic E-state index is 5.46. The molecule has 104 valence electrons. The summed E-state index contributed by atoms with van der Waals surface area (Å²) in [7, 11) is 0. The summed E-state index contributed by atoms with van der Waals surface area (Å²) in [6, 6.07) is 0. The fourth-order valence-corrected chi connectivity index (χ4v) is 1.96. The Bertz CT molecular complexity index is 188. The molecule has 0 aliphatic carbocycles. The maximum Gasteiger partial charge on any atom is -0.0169 e. The Kier molecular flexibility index (Phi) is 16.0. The summed E-state index contributed by atoms with van der Waals surface area (Å²) in [5, 5.41) is 0. The van der Waals surface area contributed by atoms with E-state index >= 15 is 0 Å². The Balaban J connectivity index is 3.13. The summed E-state index contributed by atoms with van der Waals surface area (Å²) in [6.45, 7) is 7.71. The van der Waals surface area contributed by atoms with Crippen LogP contribution in [0.5, 0.6) is 0 Å². The summed E-state index contributed by atoms with van der Waals surface area (Å²) < 4.78 is 0. The van der Waals surface area contributed by atoms with Crippen molar-refractivity contribution in [3.05, 3.63) is 31.2 Å². The van der Waals surface area contributed by atoms with E-state index in [9.17, 15) is 0 Å². The van der Waals surface area contributed by atoms with E-state index in [1.165, 1.54) is 64.2 Å². The molecule has 0 aromatic carbocycles. The molecule has 0 aliphatic heterocycles. The molecule has 0 heteroatoms. The summed E-state index contributed by atoms with van der Waals surface area (Å²) in [5.41, 5.74) is 0. The molecule has 0 aliphatic rings. The van der Waals surface area contributed by atoms with E-state index in [1.807, 2.05) is 0 Å². The third kappa shape index (κ3) is 15.5. The molecule has 0 N–H and O–H groups in total. The van der Waals surface area contributed by atoms with Crippen molar-refractivity contribution in [2.45, 2.75) is 84.0 Å². The first kappa shape index (κ1) is 17.5. The summed E-state index contributed by atoms with van der Waals surface area (Å²) in [5.74, 6) is 0. The molecule has 0 saturated heterocycles. The highest BCUT2D eigenvalue weighted by atomic mass is 13.9. The Hall–Kier alpha value is -0.520. The second-order valence-electron chi connectivity index (χ2n) is 5.02. The second-order valence-corrected chi connectivity index (χ2v) is 5.02. The van der Waals surface area contributed by atoms with Crippen LogP contribution < -0.4 is 0 Å². The normalized spacial score (nSPS) is 11.9. The molecular weight excluding hydrogens is 216 g/mol. The third-order valence-electron chi connectivity index (χ3n) is 3.15. The number of hydrogen-bond acceptors (Lipinski definition) is 0. The van der Waals surface area contributed by atoms with E-state index in [2.05, 4.69) is 31.2 Å². The van der Waals surface area contributed by atoms with E-state index in [0.29, 0.717) is 0 Å². The average molecular weight is 248 g/mol. The predicted molar refractivity (Wildman–Crippen MR) is 83.7 cm³/mol. The topological polar surface area (TPSA) is 0 Å². The molecule has 0 aromatic heterocycles. The van der Waals surface area contributed by atoms with Crippen LogP contribution >= 0.6 is 0 Å². The van der Waals surface area contributed by atoms with E-state index in [1.54, 1.807) is 0 Å². The molecule has 0 unspecified atom stereocenters. The van der Waals surface area contributed by atoms with Crippen molar-refractivity contribution >= 4 is 0 Å². The monoisotopic (exact) mass is 248 g/mol. The van der Waals surface area contributed by atoms with Crippen LogP contribution in [0.25, 0.3) is 0 Å². The molecule has 0 rings (SSSR count). The van der Waals surface area contributed by atoms with Crippen molar-refractivity contribution in [1.29, 1.82) is 0 Å². The minimum Gasteiger partial charge on any atom is -0.0882 e. The molecule has 2 radical (unpaired) electrons. The molecule has 0 bridgehead atoms. The molecule has 0 fully saturated rings. The lowest BCUT2D eigenvalue weighted by Gasteiger charge is -1.97. The van der Waals surface area contributed by atoms with Gasteiger partial charge < -0.3 is 0 Å². The van der Waals surface area contributed by atoms with Crippen LogP contribution in [0.15, 0.2) is 24.3 Å². The Morgan fingerprint density at radius 1 is 0.667 bits per heavy atom. The minimum absolute atomic E-state index is 0.852. The van der Waals surface area contributed by atoms with Crippen molar-refractivity contribution < 1.29 is 0 Å². The Labute approximate surface area is 116 Å². The van der Waals surface area contributed by atoms with Gasteiger partial charge in [-0.15, -0.1) is 0 Å². The number of hydrogen-bond donors (Lipinski definition) is 0. The van der Waals surface area contributed by atoms with Crippen molar-refractivity contribution in [1.82, 2.24) is 0 Å². The van der Waals surface area contributed by atoms with Crippen molar-refractivity contribution in [3.8, 4) is 0 Å². The quantitative estimate of drug-likeness (QED) is 0.257. The zero-order chi connectivity index (χ0) is 13.3. The van der Waals surface area contributed by atoms with Gasteiger partial charge in [-0.25, -0.2) is 0 Å². The van der Waals surface area contributed by atoms with Gasteiger partial charge in [0.15, 0.2) is 0 Å². The van der Waals surface area contributed by atoms with Crippen molar-refractivity contribution in [3.63, 3.8) is 0 Å². The number of rotatable bonds is 13. The average Bonchev–Trinajstić information content (AvgIpc) is 2.39. The van der Waals surface area contributed by atoms with Crippen LogP contribution in [0.4, 0.5) is 0 Å². The van der Waals surface area contributed by atoms with Gasteiger partial charge in [-0.2, -0.15) is 0 Å². The lowest BCUT2D eigenvalue weighted by Crippen LogP contribution is -1.77. The molecule has 0 amide bonds. The first-order valence-electron chi connectivity index (χ1n) is 7.92. The van der Waals surface area contributed by atoms with E-state index < -0.39 is 0 Å². The van der Waals surface area contributed by atoms with Gasteiger partial charge in [0.05, 0.1) is 0 Å². The summed E-state index contributed by atoms with van der Waals surface area (Å²) in [4.78, 5) is 0. The van der Waals surface area contributed by atoms with Gasteiger partial charge in [-0.1, -0.05) is 69.8 Å². The highest BCUT2D eigenvalue weighted by Gasteiger charge is 1.87. The van der Waals surface area contributed by atoms with Crippen LogP contribution in [0.3, 0.4) is 0 Å². The molecule has 0 aromatic rings. The maximum atomic E-state index is 5.46. The van der Waals surface area contributed by atoms with Crippen LogP contribution in [0.2, 0.25) is 0 Å². The van der Waals surface area contributed by atoms with Gasteiger partial charge in [-0.3, -0.25) is 0 Å². The second kappa shape index (κ2) is 16.5.